The lowest BCUT2D eigenvalue weighted by atomic mass is 9.77. The van der Waals surface area contributed by atoms with Gasteiger partial charge in [-0.1, -0.05) is 18.2 Å². The van der Waals surface area contributed by atoms with E-state index in [0.717, 1.165) is 11.0 Å². The fourth-order valence-electron chi connectivity index (χ4n) is 5.76. The average molecular weight is 564 g/mol. The Morgan fingerprint density at radius 3 is 2.55 bits per heavy atom. The molecule has 216 valence electrons. The Hall–Kier alpha value is -3.64. The number of amides is 3. The van der Waals surface area contributed by atoms with Crippen molar-refractivity contribution in [3.05, 3.63) is 65.0 Å². The van der Waals surface area contributed by atoms with Crippen LogP contribution in [0.1, 0.15) is 35.3 Å². The number of methoxy groups -OCH3 is 1. The molecule has 4 unspecified atom stereocenters. The summed E-state index contributed by atoms with van der Waals surface area (Å²) in [6.45, 7) is 3.15. The number of nitrogens with zero attached hydrogens (tertiary/aromatic N) is 2. The number of carbonyl (C=O) groups is 3. The number of ether oxygens (including phenoxy) is 1. The molecule has 2 heterocycles. The van der Waals surface area contributed by atoms with Crippen molar-refractivity contribution in [2.75, 3.05) is 20.3 Å². The molecule has 2 aliphatic rings. The molecule has 5 atom stereocenters. The molecule has 9 nitrogen and oxygen atoms in total. The van der Waals surface area contributed by atoms with Crippen LogP contribution in [-0.2, 0) is 20.7 Å². The lowest BCUT2D eigenvalue weighted by Crippen LogP contribution is -2.80. The van der Waals surface area contributed by atoms with Crippen LogP contribution in [0.4, 0.5) is 13.2 Å². The molecule has 4 rings (SSSR count). The van der Waals surface area contributed by atoms with E-state index in [-0.39, 0.29) is 29.9 Å². The highest BCUT2D eigenvalue weighted by Gasteiger charge is 2.78. The molecule has 0 spiro atoms. The summed E-state index contributed by atoms with van der Waals surface area (Å²) in [7, 11) is 1.38. The number of likely N-dealkylation sites (tertiary alicyclic amines) is 2. The number of aliphatic hydroxyl groups is 1. The Bertz CT molecular complexity index is 1320. The second-order valence-electron chi connectivity index (χ2n) is 10.5. The normalized spacial score (nSPS) is 23.7. The SMILES string of the molecule is COCC(C)N1C(=O)[C@H]2N(C(=O)C(O)C(Cc3cccc(F)c3)NC(=O)c3cccc(O)c3C)CC(F)(F)C21C. The van der Waals surface area contributed by atoms with Crippen molar-refractivity contribution in [3.8, 4) is 5.75 Å². The Labute approximate surface area is 229 Å². The maximum atomic E-state index is 15.4. The number of hydrogen-bond acceptors (Lipinski definition) is 6. The second-order valence-corrected chi connectivity index (χ2v) is 10.5. The minimum Gasteiger partial charge on any atom is -0.508 e. The predicted octanol–water partition coefficient (Wildman–Crippen LogP) is 2.02. The van der Waals surface area contributed by atoms with Crippen molar-refractivity contribution in [1.82, 2.24) is 15.1 Å². The van der Waals surface area contributed by atoms with E-state index in [9.17, 15) is 29.0 Å². The van der Waals surface area contributed by atoms with Gasteiger partial charge in [-0.3, -0.25) is 14.4 Å². The van der Waals surface area contributed by atoms with Crippen molar-refractivity contribution in [2.45, 2.75) is 62.9 Å². The zero-order valence-corrected chi connectivity index (χ0v) is 22.5. The van der Waals surface area contributed by atoms with Gasteiger partial charge in [0.15, 0.2) is 6.10 Å². The van der Waals surface area contributed by atoms with Gasteiger partial charge in [-0.25, -0.2) is 13.2 Å². The first-order valence-electron chi connectivity index (χ1n) is 12.8. The van der Waals surface area contributed by atoms with E-state index in [2.05, 4.69) is 5.32 Å². The molecule has 2 saturated heterocycles. The lowest BCUT2D eigenvalue weighted by molar-refractivity contribution is -0.200. The Kier molecular flexibility index (Phi) is 7.88. The van der Waals surface area contributed by atoms with Gasteiger partial charge in [0.25, 0.3) is 17.7 Å². The summed E-state index contributed by atoms with van der Waals surface area (Å²) >= 11 is 0. The van der Waals surface area contributed by atoms with E-state index in [1.807, 2.05) is 0 Å². The molecule has 0 saturated carbocycles. The van der Waals surface area contributed by atoms with Gasteiger partial charge in [-0.2, -0.15) is 0 Å². The lowest BCUT2D eigenvalue weighted by Gasteiger charge is -2.57. The molecule has 0 bridgehead atoms. The van der Waals surface area contributed by atoms with Gasteiger partial charge >= 0.3 is 0 Å². The number of rotatable bonds is 9. The Balaban J connectivity index is 1.63. The topological polar surface area (TPSA) is 119 Å². The van der Waals surface area contributed by atoms with Crippen molar-refractivity contribution in [1.29, 1.82) is 0 Å². The molecule has 0 aliphatic carbocycles. The number of benzene rings is 2. The number of hydrogen-bond donors (Lipinski definition) is 3. The van der Waals surface area contributed by atoms with Crippen LogP contribution in [0, 0.1) is 12.7 Å². The standard InChI is InChI=1S/C28H32F3N3O6/c1-15(13-40-4)34-26(39)23-27(34,3)28(30,31)14-33(23)25(38)22(36)20(12-17-7-5-8-18(29)11-17)32-24(37)19-9-6-10-21(35)16(19)2/h5-11,15,20,22-23,35-36H,12-14H2,1-4H3,(H,32,37)/t15?,20?,22?,23-,27?/m1/s1. The molecule has 2 fully saturated rings. The molecule has 40 heavy (non-hydrogen) atoms. The molecule has 3 amide bonds. The molecule has 2 aromatic rings. The van der Waals surface area contributed by atoms with Crippen LogP contribution < -0.4 is 5.32 Å². The fourth-order valence-corrected chi connectivity index (χ4v) is 5.76. The minimum absolute atomic E-state index is 0.0108. The highest BCUT2D eigenvalue weighted by atomic mass is 19.3. The summed E-state index contributed by atoms with van der Waals surface area (Å²) in [5.74, 6) is -6.87. The number of β-lactam (4-membered cyclic amide) rings is 1. The number of fused-ring (bicyclic) bond motifs is 1. The van der Waals surface area contributed by atoms with Gasteiger partial charge in [0.05, 0.1) is 25.2 Å². The van der Waals surface area contributed by atoms with E-state index < -0.39 is 65.8 Å². The second kappa shape index (κ2) is 10.7. The third-order valence-corrected chi connectivity index (χ3v) is 7.90. The van der Waals surface area contributed by atoms with Gasteiger partial charge in [0.1, 0.15) is 23.1 Å². The van der Waals surface area contributed by atoms with Crippen LogP contribution in [0.25, 0.3) is 0 Å². The number of alkyl halides is 2. The van der Waals surface area contributed by atoms with E-state index in [0.29, 0.717) is 10.5 Å². The summed E-state index contributed by atoms with van der Waals surface area (Å²) in [5.41, 5.74) is -1.40. The average Bonchev–Trinajstić information content (AvgIpc) is 3.06. The number of nitrogens with one attached hydrogen (secondary N) is 1. The number of aliphatic hydroxyl groups excluding tert-OH is 1. The van der Waals surface area contributed by atoms with Crippen molar-refractivity contribution >= 4 is 17.7 Å². The van der Waals surface area contributed by atoms with Crippen LogP contribution in [0.15, 0.2) is 42.5 Å². The maximum Gasteiger partial charge on any atom is 0.290 e. The molecular weight excluding hydrogens is 531 g/mol. The third-order valence-electron chi connectivity index (χ3n) is 7.90. The van der Waals surface area contributed by atoms with Crippen LogP contribution in [0.3, 0.4) is 0 Å². The van der Waals surface area contributed by atoms with E-state index in [1.165, 1.54) is 57.4 Å². The molecule has 3 N–H and O–H groups in total. The summed E-state index contributed by atoms with van der Waals surface area (Å²) in [5, 5.41) is 23.7. The van der Waals surface area contributed by atoms with E-state index in [4.69, 9.17) is 4.74 Å². The van der Waals surface area contributed by atoms with Crippen LogP contribution in [0.5, 0.6) is 5.75 Å². The van der Waals surface area contributed by atoms with Crippen LogP contribution >= 0.6 is 0 Å². The molecule has 0 aromatic heterocycles. The summed E-state index contributed by atoms with van der Waals surface area (Å²) in [6.07, 6.45) is -2.29. The van der Waals surface area contributed by atoms with Gasteiger partial charge in [-0.15, -0.1) is 0 Å². The maximum absolute atomic E-state index is 15.4. The zero-order valence-electron chi connectivity index (χ0n) is 22.5. The molecule has 0 radical (unpaired) electrons. The number of halogens is 3. The first-order chi connectivity index (χ1) is 18.7. The van der Waals surface area contributed by atoms with Gasteiger partial charge in [0.2, 0.25) is 5.91 Å². The van der Waals surface area contributed by atoms with Crippen molar-refractivity contribution in [3.63, 3.8) is 0 Å². The quantitative estimate of drug-likeness (QED) is 0.402. The van der Waals surface area contributed by atoms with Crippen LogP contribution in [-0.4, -0.2) is 93.7 Å². The third kappa shape index (κ3) is 4.79. The fraction of sp³-hybridized carbons (Fsp3) is 0.464. The Morgan fingerprint density at radius 2 is 1.90 bits per heavy atom. The zero-order chi connectivity index (χ0) is 29.6. The van der Waals surface area contributed by atoms with Crippen molar-refractivity contribution in [2.24, 2.45) is 0 Å². The molecule has 12 heteroatoms. The van der Waals surface area contributed by atoms with Gasteiger partial charge in [-0.05, 0) is 57.0 Å². The van der Waals surface area contributed by atoms with Gasteiger partial charge in [0, 0.05) is 18.2 Å². The minimum atomic E-state index is -3.50. The van der Waals surface area contributed by atoms with E-state index in [1.54, 1.807) is 6.92 Å². The Morgan fingerprint density at radius 1 is 1.23 bits per heavy atom. The number of phenolic OH excluding ortho intramolecular Hbond substituents is 1. The van der Waals surface area contributed by atoms with Crippen LogP contribution in [0.2, 0.25) is 0 Å². The van der Waals surface area contributed by atoms with Crippen molar-refractivity contribution < 1.29 is 42.5 Å². The molecule has 2 aliphatic heterocycles. The predicted molar refractivity (Wildman–Crippen MR) is 137 cm³/mol. The van der Waals surface area contributed by atoms with E-state index >= 15 is 8.78 Å². The first-order valence-corrected chi connectivity index (χ1v) is 12.8. The smallest absolute Gasteiger partial charge is 0.290 e. The summed E-state index contributed by atoms with van der Waals surface area (Å²) in [4.78, 5) is 41.4. The number of carbonyl (C=O) groups excluding carboxylic acids is 3. The largest absolute Gasteiger partial charge is 0.508 e. The highest BCUT2D eigenvalue weighted by molar-refractivity contribution is 5.99. The summed E-state index contributed by atoms with van der Waals surface area (Å²) in [6, 6.07) is 5.92. The first kappa shape index (κ1) is 29.3. The number of aromatic hydroxyl groups is 1. The highest BCUT2D eigenvalue weighted by Crippen LogP contribution is 2.53. The molecule has 2 aromatic carbocycles. The van der Waals surface area contributed by atoms with Gasteiger partial charge < -0.3 is 30.1 Å². The molecular formula is C28H32F3N3O6. The monoisotopic (exact) mass is 563 g/mol. The number of phenols is 1. The summed E-state index contributed by atoms with van der Waals surface area (Å²) < 4.78 is 49.7.